The molecule has 1 fully saturated rings. The Morgan fingerprint density at radius 2 is 2.08 bits per heavy atom. The molecular formula is C20H26N4O. The molecule has 5 heteroatoms. The Bertz CT molecular complexity index is 689. The molecule has 1 N–H and O–H groups in total. The van der Waals surface area contributed by atoms with Crippen LogP contribution in [0.15, 0.2) is 42.6 Å². The summed E-state index contributed by atoms with van der Waals surface area (Å²) in [5.41, 5.74) is 2.96. The normalized spacial score (nSPS) is 17.3. The third-order valence-corrected chi connectivity index (χ3v) is 4.71. The topological polar surface area (TPSA) is 58.1 Å². The Hall–Kier alpha value is -2.43. The average Bonchev–Trinajstić information content (AvgIpc) is 2.65. The van der Waals surface area contributed by atoms with Crippen LogP contribution in [0.5, 0.6) is 0 Å². The molecule has 3 heterocycles. The second kappa shape index (κ2) is 8.60. The number of aryl methyl sites for hydroxylation is 2. The first kappa shape index (κ1) is 17.4. The summed E-state index contributed by atoms with van der Waals surface area (Å²) >= 11 is 0. The number of hydrogen-bond acceptors (Lipinski definition) is 3. The van der Waals surface area contributed by atoms with Crippen LogP contribution in [-0.4, -0.2) is 33.5 Å². The van der Waals surface area contributed by atoms with Crippen LogP contribution in [-0.2, 0) is 13.0 Å². The van der Waals surface area contributed by atoms with E-state index in [1.54, 1.807) is 0 Å². The number of amides is 2. The molecule has 2 aromatic heterocycles. The SMILES string of the molecule is Cc1cccc(CNC(=O)N2CCCC[C@H]2CCc2ccccn2)n1. The van der Waals surface area contributed by atoms with Crippen LogP contribution in [0.25, 0.3) is 0 Å². The first-order valence-corrected chi connectivity index (χ1v) is 9.09. The van der Waals surface area contributed by atoms with E-state index in [0.29, 0.717) is 12.6 Å². The van der Waals surface area contributed by atoms with Crippen LogP contribution in [0.4, 0.5) is 4.79 Å². The fourth-order valence-corrected chi connectivity index (χ4v) is 3.39. The molecule has 3 rings (SSSR count). The summed E-state index contributed by atoms with van der Waals surface area (Å²) in [5, 5.41) is 3.03. The van der Waals surface area contributed by atoms with Gasteiger partial charge in [0.05, 0.1) is 12.2 Å². The Morgan fingerprint density at radius 3 is 2.88 bits per heavy atom. The molecule has 0 bridgehead atoms. The van der Waals surface area contributed by atoms with E-state index in [-0.39, 0.29) is 6.03 Å². The van der Waals surface area contributed by atoms with Crippen LogP contribution in [0.3, 0.4) is 0 Å². The fraction of sp³-hybridized carbons (Fsp3) is 0.450. The van der Waals surface area contributed by atoms with E-state index in [1.165, 1.54) is 6.42 Å². The highest BCUT2D eigenvalue weighted by Crippen LogP contribution is 2.21. The van der Waals surface area contributed by atoms with Crippen molar-refractivity contribution in [3.63, 3.8) is 0 Å². The predicted octanol–water partition coefficient (Wildman–Crippen LogP) is 3.48. The lowest BCUT2D eigenvalue weighted by Crippen LogP contribution is -2.48. The minimum absolute atomic E-state index is 0.0222. The minimum Gasteiger partial charge on any atom is -0.332 e. The number of piperidine rings is 1. The zero-order chi connectivity index (χ0) is 17.5. The molecule has 2 aromatic rings. The van der Waals surface area contributed by atoms with Gasteiger partial charge in [0.2, 0.25) is 0 Å². The molecule has 1 aliphatic heterocycles. The molecule has 0 saturated carbocycles. The molecule has 1 saturated heterocycles. The largest absolute Gasteiger partial charge is 0.332 e. The predicted molar refractivity (Wildman–Crippen MR) is 98.1 cm³/mol. The standard InChI is InChI=1S/C20H26N4O/c1-16-7-6-9-18(23-16)15-22-20(25)24-14-5-3-10-19(24)12-11-17-8-2-4-13-21-17/h2,4,6-9,13,19H,3,5,10-12,14-15H2,1H3,(H,22,25)/t19-/m0/s1. The summed E-state index contributed by atoms with van der Waals surface area (Å²) in [6.07, 6.45) is 7.05. The summed E-state index contributed by atoms with van der Waals surface area (Å²) in [4.78, 5) is 23.5. The van der Waals surface area contributed by atoms with E-state index in [9.17, 15) is 4.79 Å². The summed E-state index contributed by atoms with van der Waals surface area (Å²) < 4.78 is 0. The van der Waals surface area contributed by atoms with Crippen LogP contribution in [0.2, 0.25) is 0 Å². The molecule has 1 aliphatic rings. The second-order valence-electron chi connectivity index (χ2n) is 6.63. The van der Waals surface area contributed by atoms with Crippen molar-refractivity contribution in [3.05, 3.63) is 59.7 Å². The van der Waals surface area contributed by atoms with Gasteiger partial charge in [-0.3, -0.25) is 9.97 Å². The van der Waals surface area contributed by atoms with Crippen molar-refractivity contribution in [1.29, 1.82) is 0 Å². The molecule has 5 nitrogen and oxygen atoms in total. The average molecular weight is 338 g/mol. The fourth-order valence-electron chi connectivity index (χ4n) is 3.39. The molecule has 0 aliphatic carbocycles. The molecule has 0 radical (unpaired) electrons. The van der Waals surface area contributed by atoms with Crippen molar-refractivity contribution in [2.24, 2.45) is 0 Å². The van der Waals surface area contributed by atoms with Gasteiger partial charge in [-0.05, 0) is 63.3 Å². The smallest absolute Gasteiger partial charge is 0.317 e. The third kappa shape index (κ3) is 5.02. The summed E-state index contributed by atoms with van der Waals surface area (Å²) in [6.45, 7) is 3.27. The molecular weight excluding hydrogens is 312 g/mol. The highest BCUT2D eigenvalue weighted by Gasteiger charge is 2.26. The summed E-state index contributed by atoms with van der Waals surface area (Å²) in [7, 11) is 0. The Morgan fingerprint density at radius 1 is 1.20 bits per heavy atom. The molecule has 0 aromatic carbocycles. The lowest BCUT2D eigenvalue weighted by molar-refractivity contribution is 0.146. The maximum absolute atomic E-state index is 12.6. The molecule has 0 spiro atoms. The number of nitrogens with one attached hydrogen (secondary N) is 1. The number of carbonyl (C=O) groups excluding carboxylic acids is 1. The lowest BCUT2D eigenvalue weighted by atomic mass is 9.97. The van der Waals surface area contributed by atoms with Gasteiger partial charge in [-0.2, -0.15) is 0 Å². The van der Waals surface area contributed by atoms with Gasteiger partial charge in [-0.1, -0.05) is 12.1 Å². The Balaban J connectivity index is 1.55. The molecule has 1 atom stereocenters. The number of hydrogen-bond donors (Lipinski definition) is 1. The van der Waals surface area contributed by atoms with Crippen LogP contribution >= 0.6 is 0 Å². The third-order valence-electron chi connectivity index (χ3n) is 4.71. The van der Waals surface area contributed by atoms with Gasteiger partial charge in [0, 0.05) is 30.2 Å². The van der Waals surface area contributed by atoms with Crippen molar-refractivity contribution in [2.45, 2.75) is 51.6 Å². The van der Waals surface area contributed by atoms with Crippen molar-refractivity contribution in [2.75, 3.05) is 6.54 Å². The van der Waals surface area contributed by atoms with Crippen LogP contribution < -0.4 is 5.32 Å². The highest BCUT2D eigenvalue weighted by atomic mass is 16.2. The Labute approximate surface area is 149 Å². The second-order valence-corrected chi connectivity index (χ2v) is 6.63. The number of carbonyl (C=O) groups is 1. The number of aromatic nitrogens is 2. The van der Waals surface area contributed by atoms with E-state index in [2.05, 4.69) is 21.4 Å². The van der Waals surface area contributed by atoms with Gasteiger partial charge >= 0.3 is 6.03 Å². The number of rotatable bonds is 5. The molecule has 2 amide bonds. The van der Waals surface area contributed by atoms with Crippen molar-refractivity contribution in [1.82, 2.24) is 20.2 Å². The molecule has 25 heavy (non-hydrogen) atoms. The zero-order valence-corrected chi connectivity index (χ0v) is 14.8. The van der Waals surface area contributed by atoms with E-state index in [4.69, 9.17) is 0 Å². The van der Waals surface area contributed by atoms with Gasteiger partial charge < -0.3 is 10.2 Å². The van der Waals surface area contributed by atoms with Crippen molar-refractivity contribution in [3.8, 4) is 0 Å². The van der Waals surface area contributed by atoms with Gasteiger partial charge in [0.1, 0.15) is 0 Å². The van der Waals surface area contributed by atoms with E-state index >= 15 is 0 Å². The summed E-state index contributed by atoms with van der Waals surface area (Å²) in [5.74, 6) is 0. The van der Waals surface area contributed by atoms with Gasteiger partial charge in [0.25, 0.3) is 0 Å². The minimum atomic E-state index is 0.0222. The van der Waals surface area contributed by atoms with Crippen molar-refractivity contribution >= 4 is 6.03 Å². The van der Waals surface area contributed by atoms with E-state index in [1.807, 2.05) is 48.4 Å². The number of likely N-dealkylation sites (tertiary alicyclic amines) is 1. The monoisotopic (exact) mass is 338 g/mol. The zero-order valence-electron chi connectivity index (χ0n) is 14.8. The first-order chi connectivity index (χ1) is 12.2. The number of pyridine rings is 2. The van der Waals surface area contributed by atoms with Gasteiger partial charge in [-0.15, -0.1) is 0 Å². The number of nitrogens with zero attached hydrogens (tertiary/aromatic N) is 3. The summed E-state index contributed by atoms with van der Waals surface area (Å²) in [6, 6.07) is 12.2. The molecule has 132 valence electrons. The maximum Gasteiger partial charge on any atom is 0.317 e. The quantitative estimate of drug-likeness (QED) is 0.908. The van der Waals surface area contributed by atoms with Gasteiger partial charge in [-0.25, -0.2) is 4.79 Å². The van der Waals surface area contributed by atoms with Gasteiger partial charge in [0.15, 0.2) is 0 Å². The lowest BCUT2D eigenvalue weighted by Gasteiger charge is -2.35. The van der Waals surface area contributed by atoms with Crippen LogP contribution in [0.1, 0.15) is 42.8 Å². The Kier molecular flexibility index (Phi) is 5.99. The van der Waals surface area contributed by atoms with Crippen LogP contribution in [0, 0.1) is 6.92 Å². The van der Waals surface area contributed by atoms with E-state index in [0.717, 1.165) is 49.3 Å². The number of urea groups is 1. The highest BCUT2D eigenvalue weighted by molar-refractivity contribution is 5.74. The van der Waals surface area contributed by atoms with Crippen molar-refractivity contribution < 1.29 is 4.79 Å². The molecule has 0 unspecified atom stereocenters. The first-order valence-electron chi connectivity index (χ1n) is 9.09. The van der Waals surface area contributed by atoms with E-state index < -0.39 is 0 Å². The maximum atomic E-state index is 12.6.